The maximum atomic E-state index is 15.3. The fourth-order valence-corrected chi connectivity index (χ4v) is 5.20. The molecule has 0 bridgehead atoms. The van der Waals surface area contributed by atoms with E-state index in [1.165, 1.54) is 52.5 Å². The Labute approximate surface area is 247 Å². The van der Waals surface area contributed by atoms with Gasteiger partial charge in [-0.15, -0.1) is 0 Å². The van der Waals surface area contributed by atoms with Crippen molar-refractivity contribution < 1.29 is 41.8 Å². The molecule has 0 radical (unpaired) electrons. The second-order valence-corrected chi connectivity index (χ2v) is 9.82. The Morgan fingerprint density at radius 2 is 1.42 bits per heavy atom. The molecule has 0 unspecified atom stereocenters. The van der Waals surface area contributed by atoms with Gasteiger partial charge >= 0.3 is 6.18 Å². The first-order chi connectivity index (χ1) is 20.5. The smallest absolute Gasteiger partial charge is 0.425 e. The number of hydrogen-bond acceptors (Lipinski definition) is 6. The lowest BCUT2D eigenvalue weighted by molar-refractivity contribution is -0.189. The van der Waals surface area contributed by atoms with Crippen molar-refractivity contribution in [3.8, 4) is 17.2 Å². The number of allylic oxidation sites excluding steroid dienone is 1. The number of carbonyl (C=O) groups is 3. The largest absolute Gasteiger partial charge is 0.493 e. The number of amides is 2. The number of alkyl halides is 3. The SMILES string of the molecule is COc1cc(C(=O)N[C@@]2(C(F)(F)F)C(=O)N(CCCc3ccccc3)C(C)=C2C(=O)c2ccccc2)cc(OC)c1OC. The third-order valence-electron chi connectivity index (χ3n) is 7.31. The van der Waals surface area contributed by atoms with Crippen molar-refractivity contribution in [2.75, 3.05) is 27.9 Å². The second kappa shape index (κ2) is 12.6. The molecular formula is C32H31F3N2O6. The fraction of sp³-hybridized carbons (Fsp3) is 0.281. The predicted octanol–water partition coefficient (Wildman–Crippen LogP) is 5.38. The van der Waals surface area contributed by atoms with E-state index in [2.05, 4.69) is 0 Å². The number of carbonyl (C=O) groups excluding carboxylic acids is 3. The van der Waals surface area contributed by atoms with Crippen LogP contribution in [0.3, 0.4) is 0 Å². The van der Waals surface area contributed by atoms with Crippen LogP contribution in [0, 0.1) is 0 Å². The number of ketones is 1. The van der Waals surface area contributed by atoms with Gasteiger partial charge in [-0.2, -0.15) is 13.2 Å². The number of aryl methyl sites for hydroxylation is 1. The predicted molar refractivity (Wildman–Crippen MR) is 152 cm³/mol. The maximum absolute atomic E-state index is 15.3. The Morgan fingerprint density at radius 3 is 1.93 bits per heavy atom. The van der Waals surface area contributed by atoms with Crippen molar-refractivity contribution in [3.05, 3.63) is 101 Å². The molecular weight excluding hydrogens is 565 g/mol. The molecule has 0 aliphatic carbocycles. The zero-order valence-corrected chi connectivity index (χ0v) is 24.1. The second-order valence-electron chi connectivity index (χ2n) is 9.82. The average Bonchev–Trinajstić information content (AvgIpc) is 3.22. The van der Waals surface area contributed by atoms with E-state index in [9.17, 15) is 14.4 Å². The molecule has 226 valence electrons. The molecule has 8 nitrogen and oxygen atoms in total. The van der Waals surface area contributed by atoms with Crippen LogP contribution in [-0.2, 0) is 11.2 Å². The van der Waals surface area contributed by atoms with Gasteiger partial charge < -0.3 is 24.4 Å². The zero-order chi connectivity index (χ0) is 31.4. The van der Waals surface area contributed by atoms with Gasteiger partial charge in [-0.25, -0.2) is 0 Å². The highest BCUT2D eigenvalue weighted by Gasteiger charge is 2.70. The van der Waals surface area contributed by atoms with Crippen molar-refractivity contribution in [3.63, 3.8) is 0 Å². The standard InChI is InChI=1S/C32H31F3N2O6/c1-20-26(27(38)22-15-9-6-10-16-22)31(32(33,34)35,30(40)37(20)17-11-14-21-12-7-5-8-13-21)36-29(39)23-18-24(41-2)28(43-4)25(19-23)42-3/h5-10,12-13,15-16,18-19H,11,14,17H2,1-4H3,(H,36,39)/t31-/m1/s1. The summed E-state index contributed by atoms with van der Waals surface area (Å²) < 4.78 is 61.6. The van der Waals surface area contributed by atoms with Crippen LogP contribution in [0.15, 0.2) is 84.1 Å². The molecule has 4 rings (SSSR count). The van der Waals surface area contributed by atoms with Crippen LogP contribution < -0.4 is 19.5 Å². The Morgan fingerprint density at radius 1 is 0.860 bits per heavy atom. The molecule has 1 N–H and O–H groups in total. The van der Waals surface area contributed by atoms with Gasteiger partial charge in [0, 0.05) is 23.4 Å². The summed E-state index contributed by atoms with van der Waals surface area (Å²) in [6.45, 7) is 1.18. The summed E-state index contributed by atoms with van der Waals surface area (Å²) in [4.78, 5) is 42.2. The van der Waals surface area contributed by atoms with E-state index < -0.39 is 34.9 Å². The first-order valence-corrected chi connectivity index (χ1v) is 13.4. The number of Topliss-reactive ketones (excluding diaryl/α,β-unsaturated/α-hetero) is 1. The molecule has 3 aromatic rings. The van der Waals surface area contributed by atoms with Crippen molar-refractivity contribution in [2.45, 2.75) is 31.5 Å². The third-order valence-corrected chi connectivity index (χ3v) is 7.31. The molecule has 0 spiro atoms. The molecule has 1 atom stereocenters. The lowest BCUT2D eigenvalue weighted by Gasteiger charge is -2.33. The van der Waals surface area contributed by atoms with Gasteiger partial charge in [0.1, 0.15) is 0 Å². The fourth-order valence-electron chi connectivity index (χ4n) is 5.20. The summed E-state index contributed by atoms with van der Waals surface area (Å²) in [5.41, 5.74) is -4.14. The summed E-state index contributed by atoms with van der Waals surface area (Å²) in [6.07, 6.45) is -4.60. The van der Waals surface area contributed by atoms with E-state index in [0.717, 1.165) is 22.6 Å². The summed E-state index contributed by atoms with van der Waals surface area (Å²) in [5.74, 6) is -3.63. The number of ether oxygens (including phenoxy) is 3. The molecule has 1 aliphatic heterocycles. The molecule has 0 saturated heterocycles. The van der Waals surface area contributed by atoms with E-state index in [4.69, 9.17) is 14.2 Å². The number of nitrogens with one attached hydrogen (secondary N) is 1. The highest BCUT2D eigenvalue weighted by Crippen LogP contribution is 2.46. The minimum Gasteiger partial charge on any atom is -0.493 e. The molecule has 0 saturated carbocycles. The number of nitrogens with zero attached hydrogens (tertiary/aromatic N) is 1. The van der Waals surface area contributed by atoms with Gasteiger partial charge in [0.25, 0.3) is 11.8 Å². The lowest BCUT2D eigenvalue weighted by Crippen LogP contribution is -2.66. The molecule has 1 aliphatic rings. The van der Waals surface area contributed by atoms with Crippen LogP contribution >= 0.6 is 0 Å². The Balaban J connectivity index is 1.81. The van der Waals surface area contributed by atoms with Crippen molar-refractivity contribution in [1.29, 1.82) is 0 Å². The summed E-state index contributed by atoms with van der Waals surface area (Å²) >= 11 is 0. The van der Waals surface area contributed by atoms with Gasteiger partial charge in [-0.1, -0.05) is 60.7 Å². The zero-order valence-electron chi connectivity index (χ0n) is 24.1. The Bertz CT molecular complexity index is 1510. The molecule has 0 aromatic heterocycles. The number of halogens is 3. The van der Waals surface area contributed by atoms with E-state index in [0.29, 0.717) is 12.8 Å². The molecule has 43 heavy (non-hydrogen) atoms. The van der Waals surface area contributed by atoms with Crippen molar-refractivity contribution in [2.24, 2.45) is 0 Å². The van der Waals surface area contributed by atoms with Crippen LogP contribution in [0.1, 0.15) is 39.6 Å². The van der Waals surface area contributed by atoms with Crippen LogP contribution in [0.2, 0.25) is 0 Å². The molecule has 11 heteroatoms. The highest BCUT2D eigenvalue weighted by atomic mass is 19.4. The van der Waals surface area contributed by atoms with Crippen LogP contribution in [0.25, 0.3) is 0 Å². The van der Waals surface area contributed by atoms with Crippen LogP contribution in [0.5, 0.6) is 17.2 Å². The minimum atomic E-state index is -5.39. The van der Waals surface area contributed by atoms with Gasteiger partial charge in [0.2, 0.25) is 11.3 Å². The lowest BCUT2D eigenvalue weighted by atomic mass is 9.84. The van der Waals surface area contributed by atoms with Gasteiger partial charge in [0.15, 0.2) is 17.3 Å². The Kier molecular flexibility index (Phi) is 9.13. The molecule has 2 amide bonds. The molecule has 1 heterocycles. The summed E-state index contributed by atoms with van der Waals surface area (Å²) in [6, 6.07) is 18.9. The van der Waals surface area contributed by atoms with E-state index in [1.807, 2.05) is 35.6 Å². The number of rotatable bonds is 11. The first kappa shape index (κ1) is 31.1. The van der Waals surface area contributed by atoms with Crippen LogP contribution in [-0.4, -0.2) is 62.1 Å². The molecule has 0 fully saturated rings. The summed E-state index contributed by atoms with van der Waals surface area (Å²) in [7, 11) is 3.90. The third kappa shape index (κ3) is 5.79. The monoisotopic (exact) mass is 596 g/mol. The first-order valence-electron chi connectivity index (χ1n) is 13.4. The number of methoxy groups -OCH3 is 3. The van der Waals surface area contributed by atoms with E-state index >= 15 is 13.2 Å². The topological polar surface area (TPSA) is 94.2 Å². The minimum absolute atomic E-state index is 0.0145. The number of hydrogen-bond donors (Lipinski definition) is 1. The molecule has 3 aromatic carbocycles. The van der Waals surface area contributed by atoms with Gasteiger partial charge in [-0.3, -0.25) is 14.4 Å². The van der Waals surface area contributed by atoms with Crippen molar-refractivity contribution >= 4 is 17.6 Å². The van der Waals surface area contributed by atoms with Gasteiger partial charge in [-0.05, 0) is 37.5 Å². The van der Waals surface area contributed by atoms with E-state index in [1.54, 1.807) is 6.07 Å². The van der Waals surface area contributed by atoms with Gasteiger partial charge in [0.05, 0.1) is 26.9 Å². The summed E-state index contributed by atoms with van der Waals surface area (Å²) in [5, 5.41) is 1.92. The quantitative estimate of drug-likeness (QED) is 0.299. The normalized spacial score (nSPS) is 16.7. The van der Waals surface area contributed by atoms with Crippen LogP contribution in [0.4, 0.5) is 13.2 Å². The van der Waals surface area contributed by atoms with E-state index in [-0.39, 0.29) is 40.6 Å². The van der Waals surface area contributed by atoms with Crippen molar-refractivity contribution in [1.82, 2.24) is 10.2 Å². The highest BCUT2D eigenvalue weighted by molar-refractivity contribution is 6.19. The Hall–Kier alpha value is -4.80. The average molecular weight is 597 g/mol. The number of benzene rings is 3. The maximum Gasteiger partial charge on any atom is 0.425 e.